The van der Waals surface area contributed by atoms with E-state index in [1.54, 1.807) is 0 Å². The first-order chi connectivity index (χ1) is 13.8. The molecule has 0 radical (unpaired) electrons. The summed E-state index contributed by atoms with van der Waals surface area (Å²) in [5.41, 5.74) is 7.37. The highest BCUT2D eigenvalue weighted by Gasteiger charge is 2.40. The Morgan fingerprint density at radius 3 is 2.61 bits per heavy atom. The maximum Gasteiger partial charge on any atom is 0.260 e. The predicted octanol–water partition coefficient (Wildman–Crippen LogP) is 4.91. The van der Waals surface area contributed by atoms with Crippen LogP contribution in [0, 0.1) is 6.92 Å². The molecule has 0 bridgehead atoms. The maximum absolute atomic E-state index is 6.38. The lowest BCUT2D eigenvalue weighted by atomic mass is 9.34. The molecule has 0 N–H and O–H groups in total. The van der Waals surface area contributed by atoms with Gasteiger partial charge in [0.2, 0.25) is 0 Å². The van der Waals surface area contributed by atoms with E-state index >= 15 is 0 Å². The van der Waals surface area contributed by atoms with E-state index < -0.39 is 0 Å². The van der Waals surface area contributed by atoms with Crippen LogP contribution in [0.3, 0.4) is 0 Å². The van der Waals surface area contributed by atoms with Gasteiger partial charge >= 0.3 is 0 Å². The first-order valence-corrected chi connectivity index (χ1v) is 9.88. The van der Waals surface area contributed by atoms with Crippen LogP contribution in [0.25, 0.3) is 11.1 Å². The van der Waals surface area contributed by atoms with E-state index in [1.165, 1.54) is 27.6 Å². The van der Waals surface area contributed by atoms with Gasteiger partial charge in [-0.3, -0.25) is 0 Å². The zero-order valence-corrected chi connectivity index (χ0v) is 15.7. The molecule has 2 heterocycles. The number of hydrogen-bond acceptors (Lipinski definition) is 2. The van der Waals surface area contributed by atoms with Gasteiger partial charge in [-0.2, -0.15) is 0 Å². The largest absolute Gasteiger partial charge is 0.463 e. The summed E-state index contributed by atoms with van der Waals surface area (Å²) in [5.74, 6) is 3.89. The Morgan fingerprint density at radius 2 is 1.71 bits per heavy atom. The third-order valence-corrected chi connectivity index (χ3v) is 6.02. The van der Waals surface area contributed by atoms with Gasteiger partial charge in [0.25, 0.3) is 6.71 Å². The molecule has 0 atom stereocenters. The zero-order valence-electron chi connectivity index (χ0n) is 15.7. The van der Waals surface area contributed by atoms with Gasteiger partial charge in [-0.1, -0.05) is 54.6 Å². The van der Waals surface area contributed by atoms with Crippen molar-refractivity contribution in [1.29, 1.82) is 0 Å². The molecular weight excluding hydrogens is 343 g/mol. The quantitative estimate of drug-likeness (QED) is 0.573. The summed E-state index contributed by atoms with van der Waals surface area (Å²) in [6.45, 7) is 2.33. The summed E-state index contributed by atoms with van der Waals surface area (Å²) in [7, 11) is 0. The second-order valence-electron chi connectivity index (χ2n) is 7.69. The second kappa shape index (κ2) is 5.90. The van der Waals surface area contributed by atoms with Crippen molar-refractivity contribution in [2.45, 2.75) is 19.8 Å². The predicted molar refractivity (Wildman–Crippen MR) is 114 cm³/mol. The highest BCUT2D eigenvalue weighted by atomic mass is 16.5. The van der Waals surface area contributed by atoms with Gasteiger partial charge < -0.3 is 9.47 Å². The number of fused-ring (bicyclic) bond motifs is 3. The molecule has 3 aromatic rings. The fourth-order valence-corrected chi connectivity index (χ4v) is 4.67. The minimum absolute atomic E-state index is 0.182. The number of aryl methyl sites for hydroxylation is 1. The Morgan fingerprint density at radius 1 is 0.857 bits per heavy atom. The Bertz CT molecular complexity index is 1190. The van der Waals surface area contributed by atoms with E-state index in [0.29, 0.717) is 0 Å². The number of rotatable bonds is 1. The molecule has 0 amide bonds. The van der Waals surface area contributed by atoms with Gasteiger partial charge in [0, 0.05) is 11.9 Å². The van der Waals surface area contributed by atoms with Crippen LogP contribution in [0.5, 0.6) is 17.2 Å². The molecule has 0 aromatic heterocycles. The molecule has 0 saturated heterocycles. The Balaban J connectivity index is 1.56. The molecule has 1 aliphatic carbocycles. The monoisotopic (exact) mass is 362 g/mol. The molecule has 134 valence electrons. The van der Waals surface area contributed by atoms with Crippen molar-refractivity contribution in [2.24, 2.45) is 0 Å². The fraction of sp³-hybridized carbons (Fsp3) is 0.120. The summed E-state index contributed by atoms with van der Waals surface area (Å²) in [6.07, 6.45) is 6.50. The molecule has 0 saturated carbocycles. The first-order valence-electron chi connectivity index (χ1n) is 9.88. The molecule has 0 unspecified atom stereocenters. The summed E-state index contributed by atoms with van der Waals surface area (Å²) >= 11 is 0. The van der Waals surface area contributed by atoms with Crippen LogP contribution in [0.1, 0.15) is 18.4 Å². The van der Waals surface area contributed by atoms with Crippen molar-refractivity contribution in [1.82, 2.24) is 0 Å². The van der Waals surface area contributed by atoms with Crippen LogP contribution < -0.4 is 20.4 Å². The number of ether oxygens (including phenoxy) is 2. The average Bonchev–Trinajstić information content (AvgIpc) is 2.73. The molecule has 3 aliphatic rings. The van der Waals surface area contributed by atoms with Crippen LogP contribution in [0.15, 0.2) is 84.0 Å². The van der Waals surface area contributed by atoms with Crippen molar-refractivity contribution in [3.05, 3.63) is 89.6 Å². The zero-order chi connectivity index (χ0) is 18.7. The summed E-state index contributed by atoms with van der Waals surface area (Å²) in [4.78, 5) is 0. The highest BCUT2D eigenvalue weighted by molar-refractivity contribution is 6.93. The Kier molecular flexibility index (Phi) is 3.33. The lowest BCUT2D eigenvalue weighted by molar-refractivity contribution is 0.396. The number of allylic oxidation sites excluding steroid dienone is 4. The lowest BCUT2D eigenvalue weighted by Gasteiger charge is -2.34. The minimum atomic E-state index is 0.182. The van der Waals surface area contributed by atoms with E-state index in [-0.39, 0.29) is 6.71 Å². The third kappa shape index (κ3) is 2.23. The van der Waals surface area contributed by atoms with E-state index in [4.69, 9.17) is 9.47 Å². The standard InChI is InChI=1S/C25H19BO2/c1-16-7-2-3-8-18(16)17-13-14-20-24(15-17)28-23-12-6-11-22-25(23)26(20)19-9-4-5-10-21(19)27-22/h2-4,6-9,11-15H,5,10H2,1H3. The van der Waals surface area contributed by atoms with Gasteiger partial charge in [0.15, 0.2) is 0 Å². The fourth-order valence-electron chi connectivity index (χ4n) is 4.67. The summed E-state index contributed by atoms with van der Waals surface area (Å²) in [6, 6.07) is 21.3. The van der Waals surface area contributed by atoms with Gasteiger partial charge in [-0.15, -0.1) is 0 Å². The van der Waals surface area contributed by atoms with E-state index in [9.17, 15) is 0 Å². The number of benzene rings is 3. The molecule has 0 spiro atoms. The van der Waals surface area contributed by atoms with Crippen LogP contribution in [-0.4, -0.2) is 6.71 Å². The van der Waals surface area contributed by atoms with E-state index in [1.807, 2.05) is 6.07 Å². The maximum atomic E-state index is 6.38. The normalized spacial score (nSPS) is 16.0. The molecule has 6 rings (SSSR count). The number of hydrogen-bond donors (Lipinski definition) is 0. The van der Waals surface area contributed by atoms with Crippen LogP contribution >= 0.6 is 0 Å². The Labute approximate surface area is 165 Å². The molecular formula is C25H19BO2. The van der Waals surface area contributed by atoms with Crippen molar-refractivity contribution < 1.29 is 9.47 Å². The Hall–Kier alpha value is -3.20. The van der Waals surface area contributed by atoms with Gasteiger partial charge in [-0.05, 0) is 59.2 Å². The molecule has 2 nitrogen and oxygen atoms in total. The SMILES string of the molecule is Cc1ccccc1-c1ccc2c(c1)Oc1cccc3c1B2C1=C(CCC=C1)O3. The van der Waals surface area contributed by atoms with Crippen LogP contribution in [0.2, 0.25) is 0 Å². The molecule has 3 heteroatoms. The van der Waals surface area contributed by atoms with Crippen molar-refractivity contribution >= 4 is 17.6 Å². The van der Waals surface area contributed by atoms with Gasteiger partial charge in [-0.25, -0.2) is 0 Å². The smallest absolute Gasteiger partial charge is 0.260 e. The molecule has 0 fully saturated rings. The second-order valence-corrected chi connectivity index (χ2v) is 7.69. The van der Waals surface area contributed by atoms with Crippen LogP contribution in [-0.2, 0) is 0 Å². The van der Waals surface area contributed by atoms with Crippen molar-refractivity contribution in [3.63, 3.8) is 0 Å². The van der Waals surface area contributed by atoms with Crippen molar-refractivity contribution in [3.8, 4) is 28.4 Å². The average molecular weight is 362 g/mol. The first kappa shape index (κ1) is 15.8. The molecule has 2 aliphatic heterocycles. The van der Waals surface area contributed by atoms with Crippen LogP contribution in [0.4, 0.5) is 0 Å². The van der Waals surface area contributed by atoms with Gasteiger partial charge in [0.1, 0.15) is 17.2 Å². The molecule has 3 aromatic carbocycles. The summed E-state index contributed by atoms with van der Waals surface area (Å²) in [5, 5.41) is 0. The summed E-state index contributed by atoms with van der Waals surface area (Å²) < 4.78 is 12.6. The lowest BCUT2D eigenvalue weighted by Crippen LogP contribution is -2.51. The highest BCUT2D eigenvalue weighted by Crippen LogP contribution is 2.38. The van der Waals surface area contributed by atoms with Crippen molar-refractivity contribution in [2.75, 3.05) is 0 Å². The molecule has 28 heavy (non-hydrogen) atoms. The minimum Gasteiger partial charge on any atom is -0.463 e. The van der Waals surface area contributed by atoms with E-state index in [2.05, 4.69) is 73.7 Å². The van der Waals surface area contributed by atoms with E-state index in [0.717, 1.165) is 41.3 Å². The third-order valence-electron chi connectivity index (χ3n) is 6.02. The van der Waals surface area contributed by atoms with Gasteiger partial charge in [0.05, 0.1) is 5.76 Å². The topological polar surface area (TPSA) is 18.5 Å².